The highest BCUT2D eigenvalue weighted by Crippen LogP contribution is 2.16. The van der Waals surface area contributed by atoms with E-state index in [9.17, 15) is 8.42 Å². The SMILES string of the molecule is O=S(=O)(NCc1ccc2ccccc2n1)c1cccs1. The third-order valence-electron chi connectivity index (χ3n) is 2.86. The van der Waals surface area contributed by atoms with Crippen molar-refractivity contribution in [1.82, 2.24) is 9.71 Å². The standard InChI is InChI=1S/C14H12N2O2S2/c17-20(18,14-6-3-9-19-14)15-10-12-8-7-11-4-1-2-5-13(11)16-12/h1-9,15H,10H2. The smallest absolute Gasteiger partial charge is 0.250 e. The maximum Gasteiger partial charge on any atom is 0.250 e. The summed E-state index contributed by atoms with van der Waals surface area (Å²) in [6.07, 6.45) is 0. The summed E-state index contributed by atoms with van der Waals surface area (Å²) in [5, 5.41) is 2.78. The van der Waals surface area contributed by atoms with Gasteiger partial charge in [-0.3, -0.25) is 4.98 Å². The van der Waals surface area contributed by atoms with Gasteiger partial charge in [-0.2, -0.15) is 0 Å². The van der Waals surface area contributed by atoms with Gasteiger partial charge in [-0.15, -0.1) is 11.3 Å². The molecule has 1 N–H and O–H groups in total. The molecule has 0 saturated heterocycles. The molecule has 102 valence electrons. The highest BCUT2D eigenvalue weighted by atomic mass is 32.2. The Morgan fingerprint density at radius 1 is 1.05 bits per heavy atom. The summed E-state index contributed by atoms with van der Waals surface area (Å²) >= 11 is 1.20. The highest BCUT2D eigenvalue weighted by Gasteiger charge is 2.14. The van der Waals surface area contributed by atoms with E-state index in [1.165, 1.54) is 11.3 Å². The Kier molecular flexibility index (Phi) is 3.52. The van der Waals surface area contributed by atoms with E-state index in [4.69, 9.17) is 0 Å². The molecule has 1 aromatic carbocycles. The number of nitrogens with zero attached hydrogens (tertiary/aromatic N) is 1. The molecule has 0 aliphatic rings. The lowest BCUT2D eigenvalue weighted by Gasteiger charge is -2.05. The number of para-hydroxylation sites is 1. The molecule has 3 aromatic rings. The minimum atomic E-state index is -3.44. The van der Waals surface area contributed by atoms with Crippen molar-refractivity contribution in [3.8, 4) is 0 Å². The van der Waals surface area contributed by atoms with Crippen LogP contribution in [0.2, 0.25) is 0 Å². The van der Waals surface area contributed by atoms with E-state index in [0.29, 0.717) is 9.90 Å². The van der Waals surface area contributed by atoms with Gasteiger partial charge in [0.2, 0.25) is 10.0 Å². The number of pyridine rings is 1. The summed E-state index contributed by atoms with van der Waals surface area (Å²) in [5.74, 6) is 0. The normalized spacial score (nSPS) is 11.8. The van der Waals surface area contributed by atoms with Crippen LogP contribution >= 0.6 is 11.3 Å². The predicted molar refractivity (Wildman–Crippen MR) is 80.1 cm³/mol. The van der Waals surface area contributed by atoms with Gasteiger partial charge in [0.05, 0.1) is 17.8 Å². The van der Waals surface area contributed by atoms with E-state index in [1.807, 2.05) is 36.4 Å². The fourth-order valence-corrected chi connectivity index (χ4v) is 3.90. The molecule has 0 fully saturated rings. The molecule has 6 heteroatoms. The van der Waals surface area contributed by atoms with Crippen molar-refractivity contribution < 1.29 is 8.42 Å². The van der Waals surface area contributed by atoms with Gasteiger partial charge in [0.15, 0.2) is 0 Å². The van der Waals surface area contributed by atoms with Crippen LogP contribution in [0.5, 0.6) is 0 Å². The van der Waals surface area contributed by atoms with Crippen LogP contribution in [-0.2, 0) is 16.6 Å². The van der Waals surface area contributed by atoms with Crippen LogP contribution in [0.3, 0.4) is 0 Å². The van der Waals surface area contributed by atoms with Crippen molar-refractivity contribution in [2.75, 3.05) is 0 Å². The van der Waals surface area contributed by atoms with E-state index in [2.05, 4.69) is 9.71 Å². The molecule has 0 aliphatic carbocycles. The fraction of sp³-hybridized carbons (Fsp3) is 0.0714. The molecule has 0 atom stereocenters. The Labute approximate surface area is 121 Å². The van der Waals surface area contributed by atoms with Crippen molar-refractivity contribution in [3.05, 3.63) is 59.6 Å². The second kappa shape index (κ2) is 5.32. The monoisotopic (exact) mass is 304 g/mol. The van der Waals surface area contributed by atoms with Crippen LogP contribution in [0.25, 0.3) is 10.9 Å². The first-order valence-electron chi connectivity index (χ1n) is 6.03. The van der Waals surface area contributed by atoms with E-state index in [-0.39, 0.29) is 6.54 Å². The Morgan fingerprint density at radius 2 is 1.90 bits per heavy atom. The third kappa shape index (κ3) is 2.72. The molecule has 0 aliphatic heterocycles. The van der Waals surface area contributed by atoms with E-state index in [0.717, 1.165) is 10.9 Å². The molecule has 4 nitrogen and oxygen atoms in total. The van der Waals surface area contributed by atoms with Crippen LogP contribution in [0, 0.1) is 0 Å². The number of rotatable bonds is 4. The van der Waals surface area contributed by atoms with Crippen molar-refractivity contribution in [2.24, 2.45) is 0 Å². The zero-order chi connectivity index (χ0) is 14.0. The predicted octanol–water partition coefficient (Wildman–Crippen LogP) is 2.77. The second-order valence-corrected chi connectivity index (χ2v) is 7.19. The first kappa shape index (κ1) is 13.2. The van der Waals surface area contributed by atoms with Crippen LogP contribution < -0.4 is 4.72 Å². The molecular formula is C14H12N2O2S2. The molecule has 0 bridgehead atoms. The Morgan fingerprint density at radius 3 is 2.70 bits per heavy atom. The maximum atomic E-state index is 12.0. The lowest BCUT2D eigenvalue weighted by molar-refractivity contribution is 0.582. The van der Waals surface area contributed by atoms with Gasteiger partial charge in [-0.25, -0.2) is 13.1 Å². The zero-order valence-electron chi connectivity index (χ0n) is 10.5. The summed E-state index contributed by atoms with van der Waals surface area (Å²) in [5.41, 5.74) is 1.56. The van der Waals surface area contributed by atoms with Crippen LogP contribution in [0.15, 0.2) is 58.1 Å². The lowest BCUT2D eigenvalue weighted by Crippen LogP contribution is -2.22. The molecule has 0 amide bonds. The number of hydrogen-bond acceptors (Lipinski definition) is 4. The molecule has 0 spiro atoms. The van der Waals surface area contributed by atoms with Gasteiger partial charge in [0.25, 0.3) is 0 Å². The number of aromatic nitrogens is 1. The van der Waals surface area contributed by atoms with Crippen LogP contribution in [0.1, 0.15) is 5.69 Å². The number of benzene rings is 1. The topological polar surface area (TPSA) is 59.1 Å². The zero-order valence-corrected chi connectivity index (χ0v) is 12.1. The number of thiophene rings is 1. The molecule has 0 radical (unpaired) electrons. The minimum Gasteiger partial charge on any atom is -0.251 e. The largest absolute Gasteiger partial charge is 0.251 e. The second-order valence-electron chi connectivity index (χ2n) is 4.25. The Hall–Kier alpha value is -1.76. The van der Waals surface area contributed by atoms with Gasteiger partial charge in [-0.1, -0.05) is 30.3 Å². The van der Waals surface area contributed by atoms with E-state index >= 15 is 0 Å². The summed E-state index contributed by atoms with van der Waals surface area (Å²) in [4.78, 5) is 4.44. The first-order valence-corrected chi connectivity index (χ1v) is 8.39. The quantitative estimate of drug-likeness (QED) is 0.806. The number of nitrogens with one attached hydrogen (secondary N) is 1. The van der Waals surface area contributed by atoms with Crippen LogP contribution in [-0.4, -0.2) is 13.4 Å². The Bertz CT molecular complexity index is 827. The molecule has 2 aromatic heterocycles. The fourth-order valence-electron chi connectivity index (χ4n) is 1.86. The molecule has 3 rings (SSSR count). The molecular weight excluding hydrogens is 292 g/mol. The average Bonchev–Trinajstić information content (AvgIpc) is 3.00. The van der Waals surface area contributed by atoms with Crippen molar-refractivity contribution in [3.63, 3.8) is 0 Å². The van der Waals surface area contributed by atoms with Crippen molar-refractivity contribution in [2.45, 2.75) is 10.8 Å². The summed E-state index contributed by atoms with van der Waals surface area (Å²) in [6, 6.07) is 14.8. The van der Waals surface area contributed by atoms with Crippen molar-refractivity contribution >= 4 is 32.3 Å². The molecule has 2 heterocycles. The van der Waals surface area contributed by atoms with Gasteiger partial charge < -0.3 is 0 Å². The summed E-state index contributed by atoms with van der Waals surface area (Å²) in [6.45, 7) is 0.186. The van der Waals surface area contributed by atoms with Gasteiger partial charge in [0.1, 0.15) is 4.21 Å². The van der Waals surface area contributed by atoms with E-state index < -0.39 is 10.0 Å². The van der Waals surface area contributed by atoms with Gasteiger partial charge in [0, 0.05) is 5.39 Å². The van der Waals surface area contributed by atoms with Crippen molar-refractivity contribution in [1.29, 1.82) is 0 Å². The third-order valence-corrected chi connectivity index (χ3v) is 5.66. The molecule has 20 heavy (non-hydrogen) atoms. The van der Waals surface area contributed by atoms with Gasteiger partial charge in [-0.05, 0) is 23.6 Å². The average molecular weight is 304 g/mol. The number of hydrogen-bond donors (Lipinski definition) is 1. The van der Waals surface area contributed by atoms with E-state index in [1.54, 1.807) is 17.5 Å². The minimum absolute atomic E-state index is 0.186. The lowest BCUT2D eigenvalue weighted by atomic mass is 10.2. The molecule has 0 unspecified atom stereocenters. The summed E-state index contributed by atoms with van der Waals surface area (Å²) < 4.78 is 26.9. The first-order chi connectivity index (χ1) is 9.65. The van der Waals surface area contributed by atoms with Crippen LogP contribution in [0.4, 0.5) is 0 Å². The van der Waals surface area contributed by atoms with Gasteiger partial charge >= 0.3 is 0 Å². The number of sulfonamides is 1. The Balaban J connectivity index is 1.80. The molecule has 0 saturated carbocycles. The maximum absolute atomic E-state index is 12.0. The number of fused-ring (bicyclic) bond motifs is 1. The highest BCUT2D eigenvalue weighted by molar-refractivity contribution is 7.91. The summed E-state index contributed by atoms with van der Waals surface area (Å²) in [7, 11) is -3.44.